The number of aryl methyl sites for hydroxylation is 2. The van der Waals surface area contributed by atoms with Crippen LogP contribution in [0.3, 0.4) is 0 Å². The van der Waals surface area contributed by atoms with E-state index in [0.717, 1.165) is 6.07 Å². The van der Waals surface area contributed by atoms with E-state index in [9.17, 15) is 18.0 Å². The van der Waals surface area contributed by atoms with E-state index in [-0.39, 0.29) is 21.5 Å². The number of carbonyl (C=O) groups is 1. The van der Waals surface area contributed by atoms with Crippen molar-refractivity contribution >= 4 is 27.5 Å². The van der Waals surface area contributed by atoms with Crippen LogP contribution in [0.2, 0.25) is 0 Å². The second kappa shape index (κ2) is 7.06. The summed E-state index contributed by atoms with van der Waals surface area (Å²) in [6.45, 7) is 2.39. The summed E-state index contributed by atoms with van der Waals surface area (Å²) in [6.07, 6.45) is -0.550. The number of amides is 1. The Hall–Kier alpha value is -2.43. The second-order valence-corrected chi connectivity index (χ2v) is 6.35. The summed E-state index contributed by atoms with van der Waals surface area (Å²) in [5, 5.41) is 10.5. The molecule has 0 unspecified atom stereocenters. The summed E-state index contributed by atoms with van der Waals surface area (Å²) in [5.74, 6) is -0.575. The molecule has 7 nitrogen and oxygen atoms in total. The molecule has 3 heterocycles. The van der Waals surface area contributed by atoms with E-state index in [1.165, 1.54) is 6.92 Å². The third-order valence-electron chi connectivity index (χ3n) is 3.58. The number of hydrogen-bond acceptors (Lipinski definition) is 4. The topological polar surface area (TPSA) is 77.1 Å². The molecule has 11 heteroatoms. The Bertz CT molecular complexity index is 935. The van der Waals surface area contributed by atoms with Gasteiger partial charge in [0.25, 0.3) is 5.91 Å². The fourth-order valence-corrected chi connectivity index (χ4v) is 2.94. The van der Waals surface area contributed by atoms with Crippen LogP contribution < -0.4 is 5.32 Å². The molecule has 1 amide bonds. The molecular formula is C15H14BrF3N6O. The van der Waals surface area contributed by atoms with Gasteiger partial charge in [-0.05, 0) is 41.4 Å². The highest BCUT2D eigenvalue weighted by Gasteiger charge is 2.36. The Morgan fingerprint density at radius 3 is 2.81 bits per heavy atom. The minimum atomic E-state index is -4.62. The molecule has 3 rings (SSSR count). The minimum Gasteiger partial charge on any atom is -0.351 e. The molecule has 0 spiro atoms. The molecule has 0 saturated heterocycles. The van der Waals surface area contributed by atoms with Gasteiger partial charge in [0, 0.05) is 31.2 Å². The molecule has 0 fully saturated rings. The van der Waals surface area contributed by atoms with Crippen LogP contribution >= 0.6 is 15.9 Å². The van der Waals surface area contributed by atoms with E-state index in [0.29, 0.717) is 24.0 Å². The average molecular weight is 431 g/mol. The number of alkyl halides is 3. The predicted octanol–water partition coefficient (Wildman–Crippen LogP) is 2.84. The van der Waals surface area contributed by atoms with Gasteiger partial charge in [-0.3, -0.25) is 9.48 Å². The molecular weight excluding hydrogens is 417 g/mol. The highest BCUT2D eigenvalue weighted by Crippen LogP contribution is 2.32. The summed E-state index contributed by atoms with van der Waals surface area (Å²) in [6, 6.07) is 2.68. The molecule has 0 aliphatic rings. The first-order chi connectivity index (χ1) is 12.3. The lowest BCUT2D eigenvalue weighted by Crippen LogP contribution is -2.26. The largest absolute Gasteiger partial charge is 0.433 e. The van der Waals surface area contributed by atoms with Gasteiger partial charge in [-0.2, -0.15) is 23.4 Å². The monoisotopic (exact) mass is 430 g/mol. The maximum atomic E-state index is 13.2. The van der Waals surface area contributed by atoms with E-state index in [2.05, 4.69) is 36.4 Å². The van der Waals surface area contributed by atoms with Crippen LogP contribution in [0, 0.1) is 6.92 Å². The summed E-state index contributed by atoms with van der Waals surface area (Å²) < 4.78 is 42.1. The van der Waals surface area contributed by atoms with Gasteiger partial charge in [0.1, 0.15) is 5.69 Å². The number of halogens is 4. The summed E-state index contributed by atoms with van der Waals surface area (Å²) >= 11 is 3.14. The molecule has 0 aromatic carbocycles. The number of nitrogens with one attached hydrogen (secondary N) is 1. The summed E-state index contributed by atoms with van der Waals surface area (Å²) in [5.41, 5.74) is -1.01. The standard InChI is InChI=1S/C15H14BrF3N6O/c1-9-8-10(15(17,18)19)25-13(22-9)11(16)12(23-25)14(26)20-4-2-6-24-7-3-5-21-24/h3,5,7-8H,2,4,6H2,1H3,(H,20,26). The van der Waals surface area contributed by atoms with Gasteiger partial charge < -0.3 is 5.32 Å². The normalized spacial score (nSPS) is 11.9. The van der Waals surface area contributed by atoms with Gasteiger partial charge in [-0.15, -0.1) is 0 Å². The fourth-order valence-electron chi connectivity index (χ4n) is 2.42. The first-order valence-electron chi connectivity index (χ1n) is 7.66. The molecule has 0 saturated carbocycles. The van der Waals surface area contributed by atoms with Crippen LogP contribution in [-0.2, 0) is 12.7 Å². The molecule has 3 aromatic heterocycles. The van der Waals surface area contributed by atoms with Gasteiger partial charge in [0.2, 0.25) is 0 Å². The first kappa shape index (κ1) is 18.4. The van der Waals surface area contributed by atoms with Gasteiger partial charge in [-0.25, -0.2) is 9.50 Å². The molecule has 1 N–H and O–H groups in total. The number of nitrogens with zero attached hydrogens (tertiary/aromatic N) is 5. The van der Waals surface area contributed by atoms with Crippen molar-refractivity contribution in [3.8, 4) is 0 Å². The van der Waals surface area contributed by atoms with Crippen LogP contribution in [0.25, 0.3) is 5.65 Å². The quantitative estimate of drug-likeness (QED) is 0.631. The van der Waals surface area contributed by atoms with Gasteiger partial charge >= 0.3 is 6.18 Å². The first-order valence-corrected chi connectivity index (χ1v) is 8.45. The van der Waals surface area contributed by atoms with E-state index in [4.69, 9.17) is 0 Å². The van der Waals surface area contributed by atoms with Crippen LogP contribution in [-0.4, -0.2) is 36.8 Å². The van der Waals surface area contributed by atoms with Crippen molar-refractivity contribution in [3.05, 3.63) is 46.1 Å². The molecule has 26 heavy (non-hydrogen) atoms. The third kappa shape index (κ3) is 3.71. The lowest BCUT2D eigenvalue weighted by molar-refractivity contribution is -0.142. The van der Waals surface area contributed by atoms with Gasteiger partial charge in [0.05, 0.1) is 4.47 Å². The Balaban J connectivity index is 1.79. The molecule has 0 aliphatic carbocycles. The van der Waals surface area contributed by atoms with E-state index in [1.54, 1.807) is 23.1 Å². The zero-order chi connectivity index (χ0) is 18.9. The number of fused-ring (bicyclic) bond motifs is 1. The Labute approximate surface area is 154 Å². The smallest absolute Gasteiger partial charge is 0.351 e. The van der Waals surface area contributed by atoms with Crippen molar-refractivity contribution < 1.29 is 18.0 Å². The van der Waals surface area contributed by atoms with Crippen molar-refractivity contribution in [2.45, 2.75) is 26.1 Å². The fraction of sp³-hybridized carbons (Fsp3) is 0.333. The zero-order valence-electron chi connectivity index (χ0n) is 13.6. The Morgan fingerprint density at radius 2 is 2.15 bits per heavy atom. The Morgan fingerprint density at radius 1 is 1.38 bits per heavy atom. The summed E-state index contributed by atoms with van der Waals surface area (Å²) in [4.78, 5) is 16.3. The molecule has 0 radical (unpaired) electrons. The predicted molar refractivity (Wildman–Crippen MR) is 89.6 cm³/mol. The van der Waals surface area contributed by atoms with Crippen LogP contribution in [0.5, 0.6) is 0 Å². The van der Waals surface area contributed by atoms with E-state index < -0.39 is 17.8 Å². The molecule has 0 aliphatic heterocycles. The maximum absolute atomic E-state index is 13.2. The molecule has 138 valence electrons. The lowest BCUT2D eigenvalue weighted by Gasteiger charge is -2.09. The van der Waals surface area contributed by atoms with Crippen LogP contribution in [0.4, 0.5) is 13.2 Å². The third-order valence-corrected chi connectivity index (χ3v) is 4.31. The number of rotatable bonds is 5. The Kier molecular flexibility index (Phi) is 4.99. The number of carbonyl (C=O) groups excluding carboxylic acids is 1. The zero-order valence-corrected chi connectivity index (χ0v) is 15.2. The molecule has 0 bridgehead atoms. The highest BCUT2D eigenvalue weighted by molar-refractivity contribution is 9.10. The van der Waals surface area contributed by atoms with E-state index in [1.807, 2.05) is 0 Å². The number of hydrogen-bond donors (Lipinski definition) is 1. The summed E-state index contributed by atoms with van der Waals surface area (Å²) in [7, 11) is 0. The van der Waals surface area contributed by atoms with Gasteiger partial charge in [0.15, 0.2) is 11.3 Å². The van der Waals surface area contributed by atoms with Crippen molar-refractivity contribution in [1.29, 1.82) is 0 Å². The molecule has 3 aromatic rings. The SMILES string of the molecule is Cc1cc(C(F)(F)F)n2nc(C(=O)NCCCn3cccn3)c(Br)c2n1. The molecule has 0 atom stereocenters. The van der Waals surface area contributed by atoms with Gasteiger partial charge in [-0.1, -0.05) is 0 Å². The highest BCUT2D eigenvalue weighted by atomic mass is 79.9. The minimum absolute atomic E-state index is 0.0565. The van der Waals surface area contributed by atoms with E-state index >= 15 is 0 Å². The van der Waals surface area contributed by atoms with Crippen molar-refractivity contribution in [2.75, 3.05) is 6.54 Å². The maximum Gasteiger partial charge on any atom is 0.433 e. The van der Waals surface area contributed by atoms with Crippen LogP contribution in [0.1, 0.15) is 28.3 Å². The average Bonchev–Trinajstić information content (AvgIpc) is 3.19. The van der Waals surface area contributed by atoms with Crippen molar-refractivity contribution in [3.63, 3.8) is 0 Å². The lowest BCUT2D eigenvalue weighted by atomic mass is 10.3. The van der Waals surface area contributed by atoms with Crippen molar-refractivity contribution in [1.82, 2.24) is 29.7 Å². The number of aromatic nitrogens is 5. The van der Waals surface area contributed by atoms with Crippen molar-refractivity contribution in [2.24, 2.45) is 0 Å². The second-order valence-electron chi connectivity index (χ2n) is 5.56. The van der Waals surface area contributed by atoms with Crippen LogP contribution in [0.15, 0.2) is 29.0 Å².